The van der Waals surface area contributed by atoms with E-state index in [0.717, 1.165) is 67.0 Å². The minimum atomic E-state index is -0.139. The number of aromatic nitrogens is 2. The van der Waals surface area contributed by atoms with Gasteiger partial charge in [0.15, 0.2) is 46.0 Å². The first-order valence-electron chi connectivity index (χ1n) is 23.0. The number of aryl methyl sites for hydroxylation is 6. The number of phenols is 4. The summed E-state index contributed by atoms with van der Waals surface area (Å²) in [5, 5.41) is 47.5. The van der Waals surface area contributed by atoms with Gasteiger partial charge in [0.25, 0.3) is 0 Å². The van der Waals surface area contributed by atoms with Crippen molar-refractivity contribution in [1.29, 1.82) is 0 Å². The van der Waals surface area contributed by atoms with Gasteiger partial charge in [0, 0.05) is 56.2 Å². The van der Waals surface area contributed by atoms with Gasteiger partial charge in [0.2, 0.25) is 0 Å². The van der Waals surface area contributed by atoms with Crippen LogP contribution in [0, 0.1) is 41.5 Å². The van der Waals surface area contributed by atoms with Gasteiger partial charge in [-0.05, 0) is 172 Å². The zero-order valence-electron chi connectivity index (χ0n) is 39.4. The Morgan fingerprint density at radius 2 is 0.686 bits per heavy atom. The van der Waals surface area contributed by atoms with Crippen molar-refractivity contribution < 1.29 is 29.9 Å². The Hall–Kier alpha value is -9.02. The number of para-hydroxylation sites is 4. The van der Waals surface area contributed by atoms with Gasteiger partial charge in [-0.1, -0.05) is 59.7 Å². The van der Waals surface area contributed by atoms with Gasteiger partial charge in [-0.25, -0.2) is 9.98 Å². The molecule has 3 aliphatic rings. The van der Waals surface area contributed by atoms with Gasteiger partial charge in [-0.3, -0.25) is 0 Å². The number of phenolic OH excluding ortho intramolecular Hbond substituents is 4. The van der Waals surface area contributed by atoms with E-state index in [9.17, 15) is 20.4 Å². The lowest BCUT2D eigenvalue weighted by molar-refractivity contribution is 0.385. The summed E-state index contributed by atoms with van der Waals surface area (Å²) in [5.41, 5.74) is 17.1. The number of aromatic hydroxyl groups is 4. The molecule has 0 unspecified atom stereocenters. The average Bonchev–Trinajstić information content (AvgIpc) is 4.18. The fourth-order valence-corrected chi connectivity index (χ4v) is 10.2. The van der Waals surface area contributed by atoms with Crippen LogP contribution in [-0.4, -0.2) is 41.8 Å². The van der Waals surface area contributed by atoms with Crippen molar-refractivity contribution in [2.75, 3.05) is 0 Å². The molecule has 11 rings (SSSR count). The largest absolute Gasteiger partial charge is 0.504 e. The lowest BCUT2D eigenvalue weighted by Crippen LogP contribution is -2.00. The highest BCUT2D eigenvalue weighted by atomic mass is 16.5. The molecule has 0 atom stereocenters. The highest BCUT2D eigenvalue weighted by Gasteiger charge is 2.26. The summed E-state index contributed by atoms with van der Waals surface area (Å²) in [6, 6.07) is 37.2. The monoisotopic (exact) mass is 920 g/mol. The predicted molar refractivity (Wildman–Crippen MR) is 277 cm³/mol. The van der Waals surface area contributed by atoms with Crippen molar-refractivity contribution in [2.24, 2.45) is 9.98 Å². The number of aromatic amines is 2. The number of allylic oxidation sites excluding steroid dienone is 4. The van der Waals surface area contributed by atoms with E-state index in [-0.39, 0.29) is 46.0 Å². The summed E-state index contributed by atoms with van der Waals surface area (Å²) in [5.74, 6) is 0.0547. The van der Waals surface area contributed by atoms with Crippen molar-refractivity contribution in [2.45, 2.75) is 41.5 Å². The van der Waals surface area contributed by atoms with Gasteiger partial charge < -0.3 is 39.9 Å². The number of fused-ring (bicyclic) bond motifs is 18. The number of hydrogen-bond acceptors (Lipinski definition) is 8. The predicted octanol–water partition coefficient (Wildman–Crippen LogP) is 13.9. The van der Waals surface area contributed by atoms with Crippen LogP contribution >= 0.6 is 0 Å². The van der Waals surface area contributed by atoms with Crippen molar-refractivity contribution in [3.05, 3.63) is 224 Å². The number of aliphatic imine (C=N–C) groups is 2. The Kier molecular flexibility index (Phi) is 10.5. The van der Waals surface area contributed by atoms with E-state index >= 15 is 0 Å². The molecule has 0 saturated carbocycles. The number of ether oxygens (including phenoxy) is 2. The molecular formula is C60H48N4O6. The Morgan fingerprint density at radius 3 is 1.04 bits per heavy atom. The Morgan fingerprint density at radius 1 is 0.371 bits per heavy atom. The summed E-state index contributed by atoms with van der Waals surface area (Å²) in [6.45, 7) is 12.4. The summed E-state index contributed by atoms with van der Waals surface area (Å²) >= 11 is 0. The molecule has 0 fully saturated rings. The molecular weight excluding hydrogens is 873 g/mol. The molecule has 2 aromatic heterocycles. The van der Waals surface area contributed by atoms with Crippen LogP contribution in [0.25, 0.3) is 33.7 Å². The molecule has 10 nitrogen and oxygen atoms in total. The van der Waals surface area contributed by atoms with Gasteiger partial charge in [0.05, 0.1) is 22.8 Å². The topological polar surface area (TPSA) is 156 Å². The van der Waals surface area contributed by atoms with Crippen LogP contribution in [0.3, 0.4) is 0 Å². The molecule has 0 amide bonds. The number of H-pyrrole nitrogens is 2. The highest BCUT2D eigenvalue weighted by molar-refractivity contribution is 6.15. The number of nitrogens with one attached hydrogen (secondary N) is 2. The standard InChI is InChI=1S/C60H48N4O6/c1-31-27-33(3)53(34(4)28-31)55-45-23-19-41(61-45)37-11-7-15-49(57(37)65)69-51-17-9-13-39(59(51)67)43-21-25-47(63-43)56(54-35(5)29-32(2)30-36(54)6)48-26-22-44(64-48)40-14-10-18-52(60(40)68)70-50-16-8-12-38(58(50)66)42-20-24-46(55)62-42/h7-30,61,64-68H,1-6H3. The van der Waals surface area contributed by atoms with Crippen LogP contribution < -0.4 is 9.47 Å². The first-order valence-corrected chi connectivity index (χ1v) is 23.0. The van der Waals surface area contributed by atoms with Crippen molar-refractivity contribution in [1.82, 2.24) is 9.97 Å². The van der Waals surface area contributed by atoms with Gasteiger partial charge in [-0.15, -0.1) is 0 Å². The van der Waals surface area contributed by atoms with Crippen molar-refractivity contribution in [3.8, 4) is 68.5 Å². The fourth-order valence-electron chi connectivity index (χ4n) is 10.2. The lowest BCUT2D eigenvalue weighted by atomic mass is 9.90. The number of nitrogens with zero attached hydrogens (tertiary/aromatic N) is 2. The van der Waals surface area contributed by atoms with E-state index in [1.807, 2.05) is 48.6 Å². The second-order valence-electron chi connectivity index (χ2n) is 18.1. The molecule has 16 bridgehead atoms. The molecule has 6 aromatic carbocycles. The third-order valence-corrected chi connectivity index (χ3v) is 13.1. The number of hydrogen-bond donors (Lipinski definition) is 6. The molecule has 0 aliphatic carbocycles. The molecule has 5 heterocycles. The minimum absolute atomic E-state index is 0.119. The molecule has 6 N–H and O–H groups in total. The summed E-state index contributed by atoms with van der Waals surface area (Å²) < 4.78 is 12.7. The average molecular weight is 921 g/mol. The molecule has 10 heteroatoms. The first-order chi connectivity index (χ1) is 33.8. The van der Waals surface area contributed by atoms with E-state index < -0.39 is 0 Å². The van der Waals surface area contributed by atoms with Gasteiger partial charge in [0.1, 0.15) is 0 Å². The molecule has 70 heavy (non-hydrogen) atoms. The quantitative estimate of drug-likeness (QED) is 0.101. The van der Waals surface area contributed by atoms with Crippen LogP contribution in [0.1, 0.15) is 67.0 Å². The second-order valence-corrected chi connectivity index (χ2v) is 18.1. The minimum Gasteiger partial charge on any atom is -0.504 e. The van der Waals surface area contributed by atoms with Crippen LogP contribution in [0.2, 0.25) is 0 Å². The Bertz CT molecular complexity index is 3430. The SMILES string of the molecule is Cc1cc(C)c(C2=C3C=CC(=N3)c3cccc(c3O)Oc3cccc(c3O)-c3ccc([nH]3)C(c3c(C)cc(C)cc3C)=C3C=CC(=N3)c3cccc(c3O)Oc3cccc(c3O)-c3ccc2[nH]3)c(C)c1. The van der Waals surface area contributed by atoms with Crippen molar-refractivity contribution >= 4 is 22.6 Å². The third-order valence-electron chi connectivity index (χ3n) is 13.1. The molecule has 344 valence electrons. The molecule has 0 saturated heterocycles. The van der Waals surface area contributed by atoms with E-state index in [1.54, 1.807) is 72.8 Å². The van der Waals surface area contributed by atoms with Crippen LogP contribution in [0.4, 0.5) is 0 Å². The van der Waals surface area contributed by atoms with E-state index in [1.165, 1.54) is 0 Å². The Balaban J connectivity index is 1.12. The highest BCUT2D eigenvalue weighted by Crippen LogP contribution is 2.46. The summed E-state index contributed by atoms with van der Waals surface area (Å²) in [7, 11) is 0. The van der Waals surface area contributed by atoms with Crippen molar-refractivity contribution in [3.63, 3.8) is 0 Å². The fraction of sp³-hybridized carbons (Fsp3) is 0.100. The maximum atomic E-state index is 11.9. The zero-order chi connectivity index (χ0) is 48.5. The Labute approximate surface area is 405 Å². The molecule has 8 aromatic rings. The number of benzene rings is 6. The maximum absolute atomic E-state index is 11.9. The normalized spacial score (nSPS) is 14.0. The molecule has 0 spiro atoms. The maximum Gasteiger partial charge on any atom is 0.169 e. The van der Waals surface area contributed by atoms with E-state index in [4.69, 9.17) is 19.5 Å². The van der Waals surface area contributed by atoms with Crippen LogP contribution in [0.5, 0.6) is 46.0 Å². The van der Waals surface area contributed by atoms with Crippen LogP contribution in [0.15, 0.2) is 167 Å². The second kappa shape index (κ2) is 16.9. The number of rotatable bonds is 2. The summed E-state index contributed by atoms with van der Waals surface area (Å²) in [4.78, 5) is 17.4. The smallest absolute Gasteiger partial charge is 0.169 e. The van der Waals surface area contributed by atoms with Gasteiger partial charge in [-0.2, -0.15) is 0 Å². The zero-order valence-corrected chi connectivity index (χ0v) is 39.4. The molecule has 3 aliphatic heterocycles. The summed E-state index contributed by atoms with van der Waals surface area (Å²) in [6.07, 6.45) is 7.58. The van der Waals surface area contributed by atoms with E-state index in [0.29, 0.717) is 56.5 Å². The lowest BCUT2D eigenvalue weighted by Gasteiger charge is -2.17. The molecule has 0 radical (unpaired) electrons. The van der Waals surface area contributed by atoms with Crippen LogP contribution in [-0.2, 0) is 0 Å². The first kappa shape index (κ1) is 43.5. The van der Waals surface area contributed by atoms with E-state index in [2.05, 4.69) is 75.8 Å². The third kappa shape index (κ3) is 7.46. The van der Waals surface area contributed by atoms with Gasteiger partial charge >= 0.3 is 0 Å².